The lowest BCUT2D eigenvalue weighted by atomic mass is 9.85. The Bertz CT molecular complexity index is 352. The lowest BCUT2D eigenvalue weighted by Crippen LogP contribution is -2.57. The fraction of sp³-hybridized carbons (Fsp3) is 0.692. The van der Waals surface area contributed by atoms with Gasteiger partial charge in [0.05, 0.1) is 30.6 Å². The number of allylic oxidation sites excluding steroid dienone is 2. The molecular weight excluding hydrogens is 234 g/mol. The number of aliphatic hydroxyl groups excluding tert-OH is 2. The third-order valence-corrected chi connectivity index (χ3v) is 4.23. The number of imide groups is 1. The molecule has 0 aromatic rings. The zero-order valence-electron chi connectivity index (χ0n) is 10.5. The SMILES string of the molecule is CCC(CO)(CO)N1C(=O)[C@H]2CC=CC[C@H]2C1=O. The van der Waals surface area contributed by atoms with Crippen LogP contribution < -0.4 is 0 Å². The molecule has 0 saturated carbocycles. The summed E-state index contributed by atoms with van der Waals surface area (Å²) in [5, 5.41) is 19.0. The fourth-order valence-electron chi connectivity index (χ4n) is 2.84. The molecule has 100 valence electrons. The molecule has 5 nitrogen and oxygen atoms in total. The number of fused-ring (bicyclic) bond motifs is 1. The summed E-state index contributed by atoms with van der Waals surface area (Å²) in [6.45, 7) is 0.960. The molecule has 1 heterocycles. The van der Waals surface area contributed by atoms with Gasteiger partial charge in [-0.3, -0.25) is 14.5 Å². The first-order valence-electron chi connectivity index (χ1n) is 6.36. The summed E-state index contributed by atoms with van der Waals surface area (Å²) in [5.74, 6) is -1.13. The molecule has 1 aliphatic carbocycles. The van der Waals surface area contributed by atoms with Gasteiger partial charge in [-0.2, -0.15) is 0 Å². The number of carbonyl (C=O) groups excluding carboxylic acids is 2. The minimum Gasteiger partial charge on any atom is -0.394 e. The summed E-state index contributed by atoms with van der Waals surface area (Å²) in [6.07, 6.45) is 5.33. The van der Waals surface area contributed by atoms with Crippen molar-refractivity contribution < 1.29 is 19.8 Å². The first-order valence-corrected chi connectivity index (χ1v) is 6.36. The molecule has 2 atom stereocenters. The van der Waals surface area contributed by atoms with Gasteiger partial charge in [0.1, 0.15) is 0 Å². The smallest absolute Gasteiger partial charge is 0.234 e. The van der Waals surface area contributed by atoms with Crippen LogP contribution in [0.25, 0.3) is 0 Å². The topological polar surface area (TPSA) is 77.8 Å². The van der Waals surface area contributed by atoms with Crippen molar-refractivity contribution in [2.75, 3.05) is 13.2 Å². The Morgan fingerprint density at radius 2 is 1.61 bits per heavy atom. The number of rotatable bonds is 4. The second-order valence-corrected chi connectivity index (χ2v) is 5.06. The maximum atomic E-state index is 12.3. The molecule has 2 aliphatic rings. The van der Waals surface area contributed by atoms with Crippen molar-refractivity contribution in [1.82, 2.24) is 4.90 Å². The summed E-state index contributed by atoms with van der Waals surface area (Å²) >= 11 is 0. The van der Waals surface area contributed by atoms with Crippen LogP contribution in [-0.2, 0) is 9.59 Å². The van der Waals surface area contributed by atoms with E-state index < -0.39 is 18.8 Å². The summed E-state index contributed by atoms with van der Waals surface area (Å²) < 4.78 is 0. The van der Waals surface area contributed by atoms with E-state index in [0.29, 0.717) is 19.3 Å². The first-order chi connectivity index (χ1) is 8.61. The zero-order chi connectivity index (χ0) is 13.3. The normalized spacial score (nSPS) is 27.8. The molecule has 0 aromatic heterocycles. The van der Waals surface area contributed by atoms with Crippen molar-refractivity contribution in [3.05, 3.63) is 12.2 Å². The van der Waals surface area contributed by atoms with Gasteiger partial charge in [0.2, 0.25) is 11.8 Å². The number of amides is 2. The van der Waals surface area contributed by atoms with Gasteiger partial charge in [0, 0.05) is 0 Å². The van der Waals surface area contributed by atoms with Gasteiger partial charge >= 0.3 is 0 Å². The minimum absolute atomic E-state index is 0.251. The van der Waals surface area contributed by atoms with E-state index in [1.165, 1.54) is 0 Å². The van der Waals surface area contributed by atoms with E-state index in [4.69, 9.17) is 0 Å². The lowest BCUT2D eigenvalue weighted by molar-refractivity contribution is -0.152. The zero-order valence-corrected chi connectivity index (χ0v) is 10.5. The molecule has 2 amide bonds. The molecule has 1 aliphatic heterocycles. The van der Waals surface area contributed by atoms with E-state index >= 15 is 0 Å². The standard InChI is InChI=1S/C13H19NO4/c1-2-13(7-15,8-16)14-11(17)9-5-3-4-6-10(9)12(14)18/h3-4,9-10,15-16H,2,5-8H2,1H3/t9-,10+. The summed E-state index contributed by atoms with van der Waals surface area (Å²) in [4.78, 5) is 25.8. The highest BCUT2D eigenvalue weighted by atomic mass is 16.3. The van der Waals surface area contributed by atoms with Crippen LogP contribution in [0.5, 0.6) is 0 Å². The number of likely N-dealkylation sites (tertiary alicyclic amines) is 1. The monoisotopic (exact) mass is 253 g/mol. The molecule has 5 heteroatoms. The average molecular weight is 253 g/mol. The second-order valence-electron chi connectivity index (χ2n) is 5.06. The molecule has 2 rings (SSSR count). The van der Waals surface area contributed by atoms with Gasteiger partial charge in [0.15, 0.2) is 0 Å². The molecule has 0 radical (unpaired) electrons. The molecule has 2 N–H and O–H groups in total. The third-order valence-electron chi connectivity index (χ3n) is 4.23. The lowest BCUT2D eigenvalue weighted by Gasteiger charge is -2.37. The van der Waals surface area contributed by atoms with Gasteiger partial charge in [-0.15, -0.1) is 0 Å². The van der Waals surface area contributed by atoms with Crippen LogP contribution in [0.4, 0.5) is 0 Å². The largest absolute Gasteiger partial charge is 0.394 e. The van der Waals surface area contributed by atoms with E-state index in [1.54, 1.807) is 6.92 Å². The van der Waals surface area contributed by atoms with E-state index in [-0.39, 0.29) is 23.7 Å². The molecule has 1 saturated heterocycles. The Morgan fingerprint density at radius 1 is 1.17 bits per heavy atom. The highest BCUT2D eigenvalue weighted by molar-refractivity contribution is 6.06. The molecular formula is C13H19NO4. The van der Waals surface area contributed by atoms with Crippen molar-refractivity contribution >= 4 is 11.8 Å². The van der Waals surface area contributed by atoms with Crippen LogP contribution in [0.1, 0.15) is 26.2 Å². The van der Waals surface area contributed by atoms with Gasteiger partial charge in [-0.1, -0.05) is 19.1 Å². The van der Waals surface area contributed by atoms with Gasteiger partial charge in [0.25, 0.3) is 0 Å². The van der Waals surface area contributed by atoms with E-state index in [9.17, 15) is 19.8 Å². The van der Waals surface area contributed by atoms with E-state index in [0.717, 1.165) is 4.90 Å². The van der Waals surface area contributed by atoms with Crippen molar-refractivity contribution in [3.8, 4) is 0 Å². The Hall–Kier alpha value is -1.20. The summed E-state index contributed by atoms with van der Waals surface area (Å²) in [5.41, 5.74) is -1.15. The second kappa shape index (κ2) is 4.82. The van der Waals surface area contributed by atoms with Gasteiger partial charge < -0.3 is 10.2 Å². The van der Waals surface area contributed by atoms with Crippen LogP contribution in [0.2, 0.25) is 0 Å². The minimum atomic E-state index is -1.15. The summed E-state index contributed by atoms with van der Waals surface area (Å²) in [6, 6.07) is 0. The predicted molar refractivity (Wildman–Crippen MR) is 64.4 cm³/mol. The molecule has 0 unspecified atom stereocenters. The number of hydrogen-bond donors (Lipinski definition) is 2. The first kappa shape index (κ1) is 13.2. The van der Waals surface area contributed by atoms with Gasteiger partial charge in [-0.25, -0.2) is 0 Å². The highest BCUT2D eigenvalue weighted by Gasteiger charge is 2.54. The number of carbonyl (C=O) groups is 2. The molecule has 1 fully saturated rings. The maximum Gasteiger partial charge on any atom is 0.234 e. The number of aliphatic hydroxyl groups is 2. The average Bonchev–Trinajstić information content (AvgIpc) is 2.67. The summed E-state index contributed by atoms with van der Waals surface area (Å²) in [7, 11) is 0. The van der Waals surface area contributed by atoms with Crippen molar-refractivity contribution in [2.24, 2.45) is 11.8 Å². The van der Waals surface area contributed by atoms with E-state index in [1.807, 2.05) is 12.2 Å². The molecule has 18 heavy (non-hydrogen) atoms. The molecule has 0 aromatic carbocycles. The molecule has 0 bridgehead atoms. The Labute approximate surface area is 106 Å². The van der Waals surface area contributed by atoms with Crippen molar-refractivity contribution in [1.29, 1.82) is 0 Å². The van der Waals surface area contributed by atoms with Crippen LogP contribution in [0, 0.1) is 11.8 Å². The number of hydrogen-bond acceptors (Lipinski definition) is 4. The fourth-order valence-corrected chi connectivity index (χ4v) is 2.84. The highest BCUT2D eigenvalue weighted by Crippen LogP contribution is 2.39. The van der Waals surface area contributed by atoms with Crippen LogP contribution in [0.15, 0.2) is 12.2 Å². The Balaban J connectivity index is 2.35. The third kappa shape index (κ3) is 1.69. The van der Waals surface area contributed by atoms with Crippen LogP contribution in [0.3, 0.4) is 0 Å². The maximum absolute atomic E-state index is 12.3. The van der Waals surface area contributed by atoms with E-state index in [2.05, 4.69) is 0 Å². The van der Waals surface area contributed by atoms with Crippen molar-refractivity contribution in [2.45, 2.75) is 31.7 Å². The van der Waals surface area contributed by atoms with Crippen LogP contribution in [-0.4, -0.2) is 45.7 Å². The Morgan fingerprint density at radius 3 is 1.94 bits per heavy atom. The quantitative estimate of drug-likeness (QED) is 0.549. The predicted octanol–water partition coefficient (Wildman–Crippen LogP) is 0.0710. The van der Waals surface area contributed by atoms with Gasteiger partial charge in [-0.05, 0) is 19.3 Å². The van der Waals surface area contributed by atoms with Crippen molar-refractivity contribution in [3.63, 3.8) is 0 Å². The Kier molecular flexibility index (Phi) is 3.54. The van der Waals surface area contributed by atoms with Crippen LogP contribution >= 0.6 is 0 Å². The number of nitrogens with zero attached hydrogens (tertiary/aromatic N) is 1. The molecule has 0 spiro atoms.